The highest BCUT2D eigenvalue weighted by atomic mass is 32.1. The molecule has 4 rings (SSSR count). The van der Waals surface area contributed by atoms with E-state index in [4.69, 9.17) is 0 Å². The fourth-order valence-electron chi connectivity index (χ4n) is 3.50. The molecule has 1 aliphatic carbocycles. The SMILES string of the molecule is O=[N+]([O-])c1c(NC2CCNC3(CCC3)C2)nc2sccn12. The average molecular weight is 307 g/mol. The van der Waals surface area contributed by atoms with Crippen LogP contribution in [0, 0.1) is 10.1 Å². The van der Waals surface area contributed by atoms with Crippen molar-refractivity contribution in [2.45, 2.75) is 43.7 Å². The maximum absolute atomic E-state index is 11.3. The molecule has 0 aromatic carbocycles. The second kappa shape index (κ2) is 4.67. The van der Waals surface area contributed by atoms with Gasteiger partial charge in [0.1, 0.15) is 6.20 Å². The Morgan fingerprint density at radius 1 is 1.57 bits per heavy atom. The summed E-state index contributed by atoms with van der Waals surface area (Å²) in [5.74, 6) is 0.459. The van der Waals surface area contributed by atoms with Crippen LogP contribution in [-0.2, 0) is 0 Å². The molecule has 1 saturated heterocycles. The van der Waals surface area contributed by atoms with Crippen molar-refractivity contribution in [3.8, 4) is 0 Å². The van der Waals surface area contributed by atoms with Gasteiger partial charge < -0.3 is 20.7 Å². The molecular formula is C13H17N5O2S. The smallest absolute Gasteiger partial charge is 0.360 e. The van der Waals surface area contributed by atoms with Gasteiger partial charge in [-0.1, -0.05) is 11.3 Å². The van der Waals surface area contributed by atoms with E-state index in [1.54, 1.807) is 10.6 Å². The zero-order chi connectivity index (χ0) is 14.4. The summed E-state index contributed by atoms with van der Waals surface area (Å²) in [6.07, 6.45) is 7.41. The highest BCUT2D eigenvalue weighted by molar-refractivity contribution is 7.15. The first-order chi connectivity index (χ1) is 10.2. The molecule has 2 aromatic heterocycles. The molecule has 2 fully saturated rings. The highest BCUT2D eigenvalue weighted by Crippen LogP contribution is 2.39. The number of aromatic nitrogens is 2. The van der Waals surface area contributed by atoms with Crippen LogP contribution in [0.25, 0.3) is 4.96 Å². The fourth-order valence-corrected chi connectivity index (χ4v) is 4.21. The van der Waals surface area contributed by atoms with Gasteiger partial charge in [0.05, 0.1) is 0 Å². The molecule has 112 valence electrons. The van der Waals surface area contributed by atoms with E-state index in [9.17, 15) is 10.1 Å². The molecule has 0 bridgehead atoms. The first kappa shape index (κ1) is 13.0. The van der Waals surface area contributed by atoms with Crippen molar-refractivity contribution in [3.63, 3.8) is 0 Å². The van der Waals surface area contributed by atoms with E-state index in [1.165, 1.54) is 30.6 Å². The summed E-state index contributed by atoms with van der Waals surface area (Å²) in [5.41, 5.74) is 0.266. The molecule has 1 aliphatic heterocycles. The van der Waals surface area contributed by atoms with Gasteiger partial charge in [0.15, 0.2) is 0 Å². The number of nitro groups is 1. The molecule has 2 N–H and O–H groups in total. The molecule has 0 amide bonds. The summed E-state index contributed by atoms with van der Waals surface area (Å²) < 4.78 is 1.55. The predicted molar refractivity (Wildman–Crippen MR) is 81.0 cm³/mol. The van der Waals surface area contributed by atoms with Gasteiger partial charge in [-0.15, -0.1) is 0 Å². The van der Waals surface area contributed by atoms with Crippen molar-refractivity contribution >= 4 is 27.9 Å². The van der Waals surface area contributed by atoms with E-state index < -0.39 is 0 Å². The molecule has 1 saturated carbocycles. The number of rotatable bonds is 3. The molecule has 3 heterocycles. The molecule has 7 nitrogen and oxygen atoms in total. The maximum atomic E-state index is 11.3. The van der Waals surface area contributed by atoms with Gasteiger partial charge in [-0.3, -0.25) is 0 Å². The van der Waals surface area contributed by atoms with E-state index in [2.05, 4.69) is 15.6 Å². The lowest BCUT2D eigenvalue weighted by Gasteiger charge is -2.48. The van der Waals surface area contributed by atoms with Gasteiger partial charge in [0.2, 0.25) is 5.82 Å². The largest absolute Gasteiger partial charge is 0.372 e. The summed E-state index contributed by atoms with van der Waals surface area (Å²) in [6.45, 7) is 0.966. The molecule has 1 atom stereocenters. The van der Waals surface area contributed by atoms with Crippen LogP contribution >= 0.6 is 11.3 Å². The van der Waals surface area contributed by atoms with Crippen molar-refractivity contribution < 1.29 is 4.92 Å². The lowest BCUT2D eigenvalue weighted by atomic mass is 9.70. The van der Waals surface area contributed by atoms with Crippen LogP contribution in [0.1, 0.15) is 32.1 Å². The summed E-state index contributed by atoms with van der Waals surface area (Å²) in [5, 5.41) is 20.1. The quantitative estimate of drug-likeness (QED) is 0.672. The topological polar surface area (TPSA) is 84.5 Å². The van der Waals surface area contributed by atoms with Gasteiger partial charge >= 0.3 is 5.82 Å². The Hall–Kier alpha value is -1.67. The van der Waals surface area contributed by atoms with E-state index in [0.29, 0.717) is 10.8 Å². The fraction of sp³-hybridized carbons (Fsp3) is 0.615. The van der Waals surface area contributed by atoms with Crippen LogP contribution in [0.2, 0.25) is 0 Å². The second-order valence-electron chi connectivity index (χ2n) is 5.99. The molecular weight excluding hydrogens is 290 g/mol. The van der Waals surface area contributed by atoms with Gasteiger partial charge in [-0.25, -0.2) is 0 Å². The van der Waals surface area contributed by atoms with Gasteiger partial charge in [0.25, 0.3) is 4.96 Å². The van der Waals surface area contributed by atoms with Crippen molar-refractivity contribution in [3.05, 3.63) is 21.7 Å². The molecule has 2 aliphatic rings. The number of imidazole rings is 1. The summed E-state index contributed by atoms with van der Waals surface area (Å²) in [7, 11) is 0. The second-order valence-corrected chi connectivity index (χ2v) is 6.86. The number of anilines is 1. The monoisotopic (exact) mass is 307 g/mol. The number of nitrogens with zero attached hydrogens (tertiary/aromatic N) is 3. The molecule has 21 heavy (non-hydrogen) atoms. The maximum Gasteiger partial charge on any atom is 0.372 e. The van der Waals surface area contributed by atoms with Crippen LogP contribution in [0.5, 0.6) is 0 Å². The summed E-state index contributed by atoms with van der Waals surface area (Å²) in [4.78, 5) is 16.0. The van der Waals surface area contributed by atoms with Crippen LogP contribution in [-0.4, -0.2) is 32.4 Å². The lowest BCUT2D eigenvalue weighted by molar-refractivity contribution is -0.389. The van der Waals surface area contributed by atoms with E-state index >= 15 is 0 Å². The normalized spacial score (nSPS) is 24.1. The van der Waals surface area contributed by atoms with Crippen molar-refractivity contribution in [1.29, 1.82) is 0 Å². The highest BCUT2D eigenvalue weighted by Gasteiger charge is 2.41. The Balaban J connectivity index is 1.60. The van der Waals surface area contributed by atoms with E-state index in [1.807, 2.05) is 5.38 Å². The molecule has 2 aromatic rings. The Morgan fingerprint density at radius 3 is 3.14 bits per heavy atom. The summed E-state index contributed by atoms with van der Waals surface area (Å²) >= 11 is 1.41. The zero-order valence-corrected chi connectivity index (χ0v) is 12.4. The van der Waals surface area contributed by atoms with Crippen molar-refractivity contribution in [1.82, 2.24) is 14.7 Å². The van der Waals surface area contributed by atoms with Crippen LogP contribution in [0.4, 0.5) is 11.6 Å². The Bertz CT molecular complexity index is 690. The Morgan fingerprint density at radius 2 is 2.43 bits per heavy atom. The predicted octanol–water partition coefficient (Wildman–Crippen LogP) is 2.39. The zero-order valence-electron chi connectivity index (χ0n) is 11.5. The van der Waals surface area contributed by atoms with Crippen LogP contribution < -0.4 is 10.6 Å². The van der Waals surface area contributed by atoms with E-state index in [-0.39, 0.29) is 22.3 Å². The number of piperidine rings is 1. The minimum Gasteiger partial charge on any atom is -0.360 e. The van der Waals surface area contributed by atoms with Crippen molar-refractivity contribution in [2.75, 3.05) is 11.9 Å². The number of hydrogen-bond donors (Lipinski definition) is 2. The number of hydrogen-bond acceptors (Lipinski definition) is 6. The number of thiazole rings is 1. The summed E-state index contributed by atoms with van der Waals surface area (Å²) in [6, 6.07) is 0.259. The third-order valence-corrected chi connectivity index (χ3v) is 5.45. The number of nitrogens with one attached hydrogen (secondary N) is 2. The van der Waals surface area contributed by atoms with Crippen LogP contribution in [0.3, 0.4) is 0 Å². The van der Waals surface area contributed by atoms with Gasteiger partial charge in [-0.05, 0) is 43.6 Å². The van der Waals surface area contributed by atoms with Gasteiger partial charge in [0, 0.05) is 17.0 Å². The standard InChI is InChI=1S/C13H17N5O2S/c19-18(20)11-10(16-12-17(11)6-7-21-12)15-9-2-5-14-13(8-9)3-1-4-13/h6-7,9,14-15H,1-5,8H2. The molecule has 1 unspecified atom stereocenters. The molecule has 8 heteroatoms. The third-order valence-electron chi connectivity index (χ3n) is 4.69. The minimum absolute atomic E-state index is 0.0486. The Kier molecular flexibility index (Phi) is 2.90. The van der Waals surface area contributed by atoms with Crippen molar-refractivity contribution in [2.24, 2.45) is 0 Å². The lowest BCUT2D eigenvalue weighted by Crippen LogP contribution is -2.58. The average Bonchev–Trinajstić information content (AvgIpc) is 2.96. The first-order valence-electron chi connectivity index (χ1n) is 7.28. The van der Waals surface area contributed by atoms with E-state index in [0.717, 1.165) is 19.4 Å². The minimum atomic E-state index is -0.352. The third kappa shape index (κ3) is 2.09. The number of fused-ring (bicyclic) bond motifs is 1. The van der Waals surface area contributed by atoms with Gasteiger partial charge in [-0.2, -0.15) is 9.38 Å². The Labute approximate surface area is 125 Å². The molecule has 1 spiro atoms. The van der Waals surface area contributed by atoms with Crippen LogP contribution in [0.15, 0.2) is 11.6 Å². The molecule has 0 radical (unpaired) electrons. The first-order valence-corrected chi connectivity index (χ1v) is 8.16.